The van der Waals surface area contributed by atoms with Crippen LogP contribution in [0.3, 0.4) is 0 Å². The molecular weight excluding hydrogens is 248 g/mol. The minimum absolute atomic E-state index is 0.148. The van der Waals surface area contributed by atoms with Crippen molar-refractivity contribution >= 4 is 23.4 Å². The van der Waals surface area contributed by atoms with Crippen LogP contribution in [0.5, 0.6) is 5.75 Å². The molecule has 0 aliphatic carbocycles. The Morgan fingerprint density at radius 1 is 1.61 bits per heavy atom. The number of thioether (sulfide) groups is 1. The third-order valence-corrected chi connectivity index (χ3v) is 3.07. The van der Waals surface area contributed by atoms with E-state index in [0.717, 1.165) is 5.75 Å². The fraction of sp³-hybridized carbons (Fsp3) is 0.308. The molecule has 0 atom stereocenters. The van der Waals surface area contributed by atoms with Gasteiger partial charge in [-0.3, -0.25) is 4.79 Å². The lowest BCUT2D eigenvalue weighted by Gasteiger charge is -2.07. The van der Waals surface area contributed by atoms with Crippen molar-refractivity contribution in [3.8, 4) is 18.1 Å². The van der Waals surface area contributed by atoms with Gasteiger partial charge in [-0.05, 0) is 18.2 Å². The monoisotopic (exact) mass is 264 g/mol. The Morgan fingerprint density at radius 2 is 2.39 bits per heavy atom. The van der Waals surface area contributed by atoms with Gasteiger partial charge in [0.25, 0.3) is 5.91 Å². The molecule has 1 amide bonds. The summed E-state index contributed by atoms with van der Waals surface area (Å²) in [5.74, 6) is 4.40. The van der Waals surface area contributed by atoms with E-state index in [4.69, 9.17) is 16.9 Å². The zero-order chi connectivity index (χ0) is 13.4. The summed E-state index contributed by atoms with van der Waals surface area (Å²) < 4.78 is 5.03. The zero-order valence-corrected chi connectivity index (χ0v) is 11.0. The van der Waals surface area contributed by atoms with Crippen molar-refractivity contribution in [3.05, 3.63) is 23.8 Å². The van der Waals surface area contributed by atoms with Gasteiger partial charge in [0.1, 0.15) is 5.75 Å². The second-order valence-electron chi connectivity index (χ2n) is 3.47. The average molecular weight is 264 g/mol. The Morgan fingerprint density at radius 3 is 3.00 bits per heavy atom. The van der Waals surface area contributed by atoms with Crippen LogP contribution in [-0.2, 0) is 0 Å². The number of nitrogen functional groups attached to an aromatic ring is 1. The molecule has 0 aliphatic rings. The molecule has 96 valence electrons. The Bertz CT molecular complexity index is 455. The van der Waals surface area contributed by atoms with Crippen LogP contribution in [0.15, 0.2) is 18.2 Å². The lowest BCUT2D eigenvalue weighted by molar-refractivity contribution is 0.0956. The number of terminal acetylenes is 1. The van der Waals surface area contributed by atoms with E-state index < -0.39 is 0 Å². The molecule has 3 N–H and O–H groups in total. The third kappa shape index (κ3) is 4.22. The van der Waals surface area contributed by atoms with Crippen LogP contribution < -0.4 is 15.8 Å². The molecule has 0 fully saturated rings. The second-order valence-corrected chi connectivity index (χ2v) is 4.57. The van der Waals surface area contributed by atoms with Crippen LogP contribution in [-0.4, -0.2) is 31.1 Å². The first kappa shape index (κ1) is 14.3. The quantitative estimate of drug-likeness (QED) is 0.463. The molecule has 1 aromatic carbocycles. The number of methoxy groups -OCH3 is 1. The highest BCUT2D eigenvalue weighted by molar-refractivity contribution is 7.99. The van der Waals surface area contributed by atoms with Gasteiger partial charge in [-0.25, -0.2) is 0 Å². The topological polar surface area (TPSA) is 64.3 Å². The summed E-state index contributed by atoms with van der Waals surface area (Å²) in [6.45, 7) is 0.580. The highest BCUT2D eigenvalue weighted by Crippen LogP contribution is 2.21. The molecule has 5 heteroatoms. The van der Waals surface area contributed by atoms with Crippen LogP contribution in [0.2, 0.25) is 0 Å². The van der Waals surface area contributed by atoms with Gasteiger partial charge in [0, 0.05) is 17.9 Å². The molecule has 1 aromatic rings. The maximum atomic E-state index is 11.8. The van der Waals surface area contributed by atoms with E-state index in [1.807, 2.05) is 0 Å². The number of rotatable bonds is 6. The Labute approximate surface area is 111 Å². The Balaban J connectivity index is 2.47. The number of nitrogens with two attached hydrogens (primary N) is 1. The van der Waals surface area contributed by atoms with E-state index in [-0.39, 0.29) is 5.91 Å². The van der Waals surface area contributed by atoms with Crippen LogP contribution in [0, 0.1) is 12.3 Å². The van der Waals surface area contributed by atoms with Gasteiger partial charge in [-0.2, -0.15) is 0 Å². The van der Waals surface area contributed by atoms with Gasteiger partial charge in [0.05, 0.1) is 18.6 Å². The summed E-state index contributed by atoms with van der Waals surface area (Å²) in [4.78, 5) is 11.8. The van der Waals surface area contributed by atoms with Crippen molar-refractivity contribution in [2.45, 2.75) is 0 Å². The first-order valence-corrected chi connectivity index (χ1v) is 6.57. The van der Waals surface area contributed by atoms with Crippen molar-refractivity contribution in [1.82, 2.24) is 5.32 Å². The van der Waals surface area contributed by atoms with Crippen LogP contribution >= 0.6 is 11.8 Å². The van der Waals surface area contributed by atoms with E-state index in [1.54, 1.807) is 30.0 Å². The van der Waals surface area contributed by atoms with E-state index in [1.165, 1.54) is 7.11 Å². The van der Waals surface area contributed by atoms with Crippen molar-refractivity contribution in [3.63, 3.8) is 0 Å². The van der Waals surface area contributed by atoms with Gasteiger partial charge >= 0.3 is 0 Å². The maximum absolute atomic E-state index is 11.8. The summed E-state index contributed by atoms with van der Waals surface area (Å²) in [5.41, 5.74) is 6.71. The molecule has 18 heavy (non-hydrogen) atoms. The second kappa shape index (κ2) is 7.51. The minimum Gasteiger partial charge on any atom is -0.495 e. The molecule has 0 heterocycles. The summed E-state index contributed by atoms with van der Waals surface area (Å²) in [5, 5.41) is 2.80. The predicted molar refractivity (Wildman–Crippen MR) is 75.9 cm³/mol. The fourth-order valence-corrected chi connectivity index (χ4v) is 1.85. The van der Waals surface area contributed by atoms with Gasteiger partial charge in [-0.15, -0.1) is 18.2 Å². The molecule has 0 aromatic heterocycles. The Hall–Kier alpha value is -1.80. The number of benzene rings is 1. The zero-order valence-electron chi connectivity index (χ0n) is 10.2. The third-order valence-electron chi connectivity index (χ3n) is 2.21. The van der Waals surface area contributed by atoms with Crippen molar-refractivity contribution < 1.29 is 9.53 Å². The fourth-order valence-electron chi connectivity index (χ4n) is 1.35. The number of hydrogen-bond donors (Lipinski definition) is 2. The largest absolute Gasteiger partial charge is 0.495 e. The lowest BCUT2D eigenvalue weighted by Crippen LogP contribution is -2.25. The standard InChI is InChI=1S/C13H16N2O2S/c1-3-7-18-8-6-15-13(16)10-4-5-12(17-2)11(14)9-10/h1,4-5,9H,6-8,14H2,2H3,(H,15,16). The van der Waals surface area contributed by atoms with E-state index >= 15 is 0 Å². The first-order chi connectivity index (χ1) is 8.69. The number of anilines is 1. The molecule has 0 unspecified atom stereocenters. The summed E-state index contributed by atoms with van der Waals surface area (Å²) in [7, 11) is 1.54. The van der Waals surface area contributed by atoms with Crippen LogP contribution in [0.1, 0.15) is 10.4 Å². The van der Waals surface area contributed by atoms with E-state index in [0.29, 0.717) is 29.3 Å². The first-order valence-electron chi connectivity index (χ1n) is 5.42. The number of carbonyl (C=O) groups excluding carboxylic acids is 1. The molecule has 0 bridgehead atoms. The van der Waals surface area contributed by atoms with Gasteiger partial charge in [0.15, 0.2) is 0 Å². The molecule has 0 spiro atoms. The molecule has 0 saturated carbocycles. The van der Waals surface area contributed by atoms with Gasteiger partial charge < -0.3 is 15.8 Å². The summed E-state index contributed by atoms with van der Waals surface area (Å²) >= 11 is 1.60. The van der Waals surface area contributed by atoms with Crippen LogP contribution in [0.4, 0.5) is 5.69 Å². The number of ether oxygens (including phenoxy) is 1. The average Bonchev–Trinajstić information content (AvgIpc) is 2.38. The molecule has 0 aliphatic heterocycles. The Kier molecular flexibility index (Phi) is 5.95. The van der Waals surface area contributed by atoms with Crippen molar-refractivity contribution in [2.24, 2.45) is 0 Å². The van der Waals surface area contributed by atoms with Gasteiger partial charge in [-0.1, -0.05) is 5.92 Å². The van der Waals surface area contributed by atoms with E-state index in [2.05, 4.69) is 11.2 Å². The smallest absolute Gasteiger partial charge is 0.251 e. The maximum Gasteiger partial charge on any atom is 0.251 e. The molecular formula is C13H16N2O2S. The number of hydrogen-bond acceptors (Lipinski definition) is 4. The van der Waals surface area contributed by atoms with Crippen LogP contribution in [0.25, 0.3) is 0 Å². The summed E-state index contributed by atoms with van der Waals surface area (Å²) in [6.07, 6.45) is 5.12. The highest BCUT2D eigenvalue weighted by atomic mass is 32.2. The lowest BCUT2D eigenvalue weighted by atomic mass is 10.2. The van der Waals surface area contributed by atoms with Gasteiger partial charge in [0.2, 0.25) is 0 Å². The number of nitrogens with one attached hydrogen (secondary N) is 1. The molecule has 1 rings (SSSR count). The molecule has 0 radical (unpaired) electrons. The van der Waals surface area contributed by atoms with Crippen molar-refractivity contribution in [2.75, 3.05) is 30.9 Å². The molecule has 4 nitrogen and oxygen atoms in total. The number of amides is 1. The number of carbonyl (C=O) groups is 1. The normalized spacial score (nSPS) is 9.56. The highest BCUT2D eigenvalue weighted by Gasteiger charge is 2.07. The predicted octanol–water partition coefficient (Wildman–Crippen LogP) is 1.37. The summed E-state index contributed by atoms with van der Waals surface area (Å²) in [6, 6.07) is 4.96. The van der Waals surface area contributed by atoms with Crippen molar-refractivity contribution in [1.29, 1.82) is 0 Å². The van der Waals surface area contributed by atoms with E-state index in [9.17, 15) is 4.79 Å². The molecule has 0 saturated heterocycles. The minimum atomic E-state index is -0.148. The SMILES string of the molecule is C#CCSCCNC(=O)c1ccc(OC)c(N)c1.